The summed E-state index contributed by atoms with van der Waals surface area (Å²) < 4.78 is 27.5. The van der Waals surface area contributed by atoms with E-state index < -0.39 is 11.6 Å². The summed E-state index contributed by atoms with van der Waals surface area (Å²) in [5.41, 5.74) is 1.57. The maximum Gasteiger partial charge on any atom is 0.306 e. The van der Waals surface area contributed by atoms with E-state index in [2.05, 4.69) is 57.0 Å². The minimum absolute atomic E-state index is 0.115. The molecule has 2 aromatic rings. The first kappa shape index (κ1) is 35.8. The third-order valence-electron chi connectivity index (χ3n) is 8.11. The molecule has 2 aromatic carbocycles. The number of alkyl halides is 1. The van der Waals surface area contributed by atoms with Gasteiger partial charge >= 0.3 is 5.97 Å². The van der Waals surface area contributed by atoms with Crippen LogP contribution < -0.4 is 0 Å². The van der Waals surface area contributed by atoms with Crippen LogP contribution in [0.15, 0.2) is 54.6 Å². The largest absolute Gasteiger partial charge is 0.481 e. The summed E-state index contributed by atoms with van der Waals surface area (Å²) in [6.07, 6.45) is 7.57. The molecular formula is C35H55F2NO2. The van der Waals surface area contributed by atoms with Gasteiger partial charge in [0.2, 0.25) is 0 Å². The Morgan fingerprint density at radius 2 is 1.60 bits per heavy atom. The van der Waals surface area contributed by atoms with Crippen molar-refractivity contribution in [3.63, 3.8) is 0 Å². The van der Waals surface area contributed by atoms with E-state index >= 15 is 0 Å². The zero-order valence-electron chi connectivity index (χ0n) is 26.1. The monoisotopic (exact) mass is 559 g/mol. The second-order valence-electron chi connectivity index (χ2n) is 12.3. The van der Waals surface area contributed by atoms with Crippen LogP contribution >= 0.6 is 0 Å². The van der Waals surface area contributed by atoms with Crippen molar-refractivity contribution in [1.82, 2.24) is 4.90 Å². The van der Waals surface area contributed by atoms with Crippen molar-refractivity contribution in [2.45, 2.75) is 104 Å². The number of carboxylic acids is 1. The smallest absolute Gasteiger partial charge is 0.306 e. The van der Waals surface area contributed by atoms with Gasteiger partial charge in [-0.2, -0.15) is 0 Å². The molecule has 0 bridgehead atoms. The van der Waals surface area contributed by atoms with Crippen molar-refractivity contribution < 1.29 is 18.7 Å². The Morgan fingerprint density at radius 3 is 2.08 bits per heavy atom. The average Bonchev–Trinajstić information content (AvgIpc) is 2.91. The minimum atomic E-state index is -0.901. The van der Waals surface area contributed by atoms with Crippen LogP contribution in [0, 0.1) is 23.6 Å². The predicted octanol–water partition coefficient (Wildman–Crippen LogP) is 9.56. The first-order valence-electron chi connectivity index (χ1n) is 15.3. The highest BCUT2D eigenvalue weighted by Gasteiger charge is 2.32. The van der Waals surface area contributed by atoms with Gasteiger partial charge in [0.15, 0.2) is 0 Å². The number of carboxylic acid groups (broad SMARTS) is 1. The summed E-state index contributed by atoms with van der Waals surface area (Å²) in [6.45, 7) is 14.0. The van der Waals surface area contributed by atoms with Crippen LogP contribution in [0.4, 0.5) is 8.78 Å². The van der Waals surface area contributed by atoms with E-state index in [1.165, 1.54) is 18.1 Å². The lowest BCUT2D eigenvalue weighted by Gasteiger charge is -2.34. The fraction of sp³-hybridized carbons (Fsp3) is 0.629. The highest BCUT2D eigenvalue weighted by atomic mass is 19.1. The van der Waals surface area contributed by atoms with E-state index in [1.54, 1.807) is 13.0 Å². The van der Waals surface area contributed by atoms with E-state index in [1.807, 2.05) is 32.0 Å². The fourth-order valence-electron chi connectivity index (χ4n) is 4.71. The maximum atomic E-state index is 14.4. The molecule has 0 radical (unpaired) electrons. The number of hydrogen-bond acceptors (Lipinski definition) is 2. The molecule has 3 rings (SSSR count). The van der Waals surface area contributed by atoms with Crippen molar-refractivity contribution in [2.75, 3.05) is 20.1 Å². The zero-order valence-corrected chi connectivity index (χ0v) is 26.1. The van der Waals surface area contributed by atoms with Crippen LogP contribution in [0.5, 0.6) is 0 Å². The zero-order chi connectivity index (χ0) is 30.1. The minimum Gasteiger partial charge on any atom is -0.481 e. The molecule has 40 heavy (non-hydrogen) atoms. The molecule has 1 unspecified atom stereocenters. The third kappa shape index (κ3) is 14.9. The summed E-state index contributed by atoms with van der Waals surface area (Å²) >= 11 is 0. The molecule has 0 saturated carbocycles. The SMILES string of the molecule is CC(C)[C@@H](C)C(=O)O.CCC(CCC(C)C)c1cccc(F)c1.CN1CCC(F)(CCCc2ccccc2)CC1. The van der Waals surface area contributed by atoms with Gasteiger partial charge in [0.05, 0.1) is 5.92 Å². The molecule has 1 aliphatic rings. The normalized spacial score (nSPS) is 16.4. The average molecular weight is 560 g/mol. The maximum absolute atomic E-state index is 14.4. The summed E-state index contributed by atoms with van der Waals surface area (Å²) in [5, 5.41) is 8.35. The lowest BCUT2D eigenvalue weighted by molar-refractivity contribution is -0.142. The number of halogens is 2. The molecule has 0 amide bonds. The molecule has 1 aliphatic heterocycles. The fourth-order valence-corrected chi connectivity index (χ4v) is 4.71. The van der Waals surface area contributed by atoms with Crippen molar-refractivity contribution in [3.05, 3.63) is 71.5 Å². The number of benzene rings is 2. The molecule has 226 valence electrons. The van der Waals surface area contributed by atoms with E-state index in [4.69, 9.17) is 5.11 Å². The Morgan fingerprint density at radius 1 is 0.975 bits per heavy atom. The quantitative estimate of drug-likeness (QED) is 0.298. The van der Waals surface area contributed by atoms with Crippen LogP contribution in [-0.2, 0) is 11.2 Å². The van der Waals surface area contributed by atoms with Gasteiger partial charge in [-0.3, -0.25) is 4.79 Å². The summed E-state index contributed by atoms with van der Waals surface area (Å²) in [7, 11) is 2.07. The van der Waals surface area contributed by atoms with Crippen molar-refractivity contribution >= 4 is 5.97 Å². The second kappa shape index (κ2) is 19.0. The number of carbonyl (C=O) groups is 1. The first-order chi connectivity index (χ1) is 18.9. The lowest BCUT2D eigenvalue weighted by Crippen LogP contribution is -2.39. The molecule has 5 heteroatoms. The van der Waals surface area contributed by atoms with E-state index in [0.29, 0.717) is 18.8 Å². The number of likely N-dealkylation sites (tertiary alicyclic amines) is 1. The number of hydrogen-bond donors (Lipinski definition) is 1. The van der Waals surface area contributed by atoms with Crippen LogP contribution in [0.2, 0.25) is 0 Å². The Balaban J connectivity index is 0.000000320. The van der Waals surface area contributed by atoms with Gasteiger partial charge in [-0.1, -0.05) is 90.4 Å². The molecule has 1 N–H and O–H groups in total. The topological polar surface area (TPSA) is 40.5 Å². The number of nitrogens with zero attached hydrogens (tertiary/aromatic N) is 1. The van der Waals surface area contributed by atoms with Crippen LogP contribution in [0.3, 0.4) is 0 Å². The Labute approximate surface area is 243 Å². The predicted molar refractivity (Wildman–Crippen MR) is 165 cm³/mol. The van der Waals surface area contributed by atoms with Crippen LogP contribution in [0.1, 0.15) is 104 Å². The number of aliphatic carboxylic acids is 1. The molecule has 0 aliphatic carbocycles. The van der Waals surface area contributed by atoms with Crippen LogP contribution in [0.25, 0.3) is 0 Å². The van der Waals surface area contributed by atoms with Gasteiger partial charge in [0, 0.05) is 13.1 Å². The Hall–Kier alpha value is -2.27. The highest BCUT2D eigenvalue weighted by molar-refractivity contribution is 5.69. The number of piperidine rings is 1. The Bertz CT molecular complexity index is 939. The number of aryl methyl sites for hydroxylation is 1. The molecular weight excluding hydrogens is 504 g/mol. The van der Waals surface area contributed by atoms with Gasteiger partial charge in [-0.25, -0.2) is 8.78 Å². The van der Waals surface area contributed by atoms with Crippen molar-refractivity contribution in [2.24, 2.45) is 17.8 Å². The number of rotatable bonds is 11. The second-order valence-corrected chi connectivity index (χ2v) is 12.3. The van der Waals surface area contributed by atoms with Crippen molar-refractivity contribution in [1.29, 1.82) is 0 Å². The molecule has 0 spiro atoms. The van der Waals surface area contributed by atoms with Gasteiger partial charge in [-0.15, -0.1) is 0 Å². The van der Waals surface area contributed by atoms with Gasteiger partial charge in [0.1, 0.15) is 11.5 Å². The molecule has 0 aromatic heterocycles. The molecule has 1 fully saturated rings. The molecule has 2 atom stereocenters. The van der Waals surface area contributed by atoms with Crippen molar-refractivity contribution in [3.8, 4) is 0 Å². The van der Waals surface area contributed by atoms with E-state index in [0.717, 1.165) is 56.7 Å². The summed E-state index contributed by atoms with van der Waals surface area (Å²) in [6, 6.07) is 17.4. The van der Waals surface area contributed by atoms with Gasteiger partial charge < -0.3 is 10.0 Å². The molecule has 3 nitrogen and oxygen atoms in total. The van der Waals surface area contributed by atoms with Gasteiger partial charge in [-0.05, 0) is 93.0 Å². The molecule has 1 saturated heterocycles. The van der Waals surface area contributed by atoms with Gasteiger partial charge in [0.25, 0.3) is 0 Å². The first-order valence-corrected chi connectivity index (χ1v) is 15.3. The van der Waals surface area contributed by atoms with Crippen LogP contribution in [-0.4, -0.2) is 41.8 Å². The van der Waals surface area contributed by atoms with E-state index in [-0.39, 0.29) is 17.7 Å². The Kier molecular flexibility index (Phi) is 16.9. The third-order valence-corrected chi connectivity index (χ3v) is 8.11. The highest BCUT2D eigenvalue weighted by Crippen LogP contribution is 2.31. The summed E-state index contributed by atoms with van der Waals surface area (Å²) in [5.74, 6) is 0.453. The lowest BCUT2D eigenvalue weighted by atomic mass is 9.88. The summed E-state index contributed by atoms with van der Waals surface area (Å²) in [4.78, 5) is 12.4. The van der Waals surface area contributed by atoms with E-state index in [9.17, 15) is 13.6 Å². The molecule has 1 heterocycles. The standard InChI is InChI=1S/C15H22FN.C14H21F.C6H12O2/c1-17-12-10-15(16,11-13-17)9-5-8-14-6-3-2-4-7-14;1-4-12(9-8-11(2)3)13-6-5-7-14(15)10-13;1-4(2)5(3)6(7)8/h2-4,6-7H,5,8-13H2,1H3;5-7,10-12H,4,8-9H2,1-3H3;4-5H,1-3H3,(H,7,8)/t;;5-/m..1/s1.